The van der Waals surface area contributed by atoms with Gasteiger partial charge in [-0.3, -0.25) is 24.0 Å². The van der Waals surface area contributed by atoms with Crippen molar-refractivity contribution in [2.24, 2.45) is 11.8 Å². The summed E-state index contributed by atoms with van der Waals surface area (Å²) >= 11 is 0. The van der Waals surface area contributed by atoms with E-state index in [1.54, 1.807) is 31.2 Å². The smallest absolute Gasteiger partial charge is 0.355 e. The van der Waals surface area contributed by atoms with Crippen LogP contribution in [0.5, 0.6) is 5.75 Å². The largest absolute Gasteiger partial charge is 0.480 e. The van der Waals surface area contributed by atoms with Gasteiger partial charge in [-0.2, -0.15) is 0 Å². The summed E-state index contributed by atoms with van der Waals surface area (Å²) in [4.78, 5) is 107. The average Bonchev–Trinajstić information content (AvgIpc) is 3.54. The van der Waals surface area contributed by atoms with Gasteiger partial charge < -0.3 is 39.6 Å². The third-order valence-corrected chi connectivity index (χ3v) is 10.4. The Balaban J connectivity index is 1.37. The first kappa shape index (κ1) is 44.0. The lowest BCUT2D eigenvalue weighted by atomic mass is 9.85. The van der Waals surface area contributed by atoms with Crippen molar-refractivity contribution in [2.75, 3.05) is 0 Å². The maximum Gasteiger partial charge on any atom is 0.355 e. The summed E-state index contributed by atoms with van der Waals surface area (Å²) < 4.78 is 18.3. The Labute approximate surface area is 339 Å². The molecule has 0 bridgehead atoms. The fourth-order valence-electron chi connectivity index (χ4n) is 7.54. The quantitative estimate of drug-likeness (QED) is 0.0822. The van der Waals surface area contributed by atoms with Crippen molar-refractivity contribution >= 4 is 52.6 Å². The number of rotatable bonds is 18. The van der Waals surface area contributed by atoms with E-state index in [-0.39, 0.29) is 74.0 Å². The van der Waals surface area contributed by atoms with E-state index in [1.807, 2.05) is 34.6 Å². The monoisotopic (exact) mass is 818 g/mol. The number of amides is 2. The molecular weight excluding hydrogens is 768 g/mol. The van der Waals surface area contributed by atoms with E-state index in [0.717, 1.165) is 11.1 Å². The van der Waals surface area contributed by atoms with Crippen molar-refractivity contribution in [1.82, 2.24) is 20.2 Å². The highest BCUT2D eigenvalue weighted by molar-refractivity contribution is 5.92. The van der Waals surface area contributed by atoms with Crippen molar-refractivity contribution in [2.45, 2.75) is 124 Å². The number of hydrogen-bond acceptors (Lipinski definition) is 12. The van der Waals surface area contributed by atoms with Gasteiger partial charge in [0.15, 0.2) is 0 Å². The molecule has 5 rings (SSSR count). The zero-order valence-corrected chi connectivity index (χ0v) is 34.0. The van der Waals surface area contributed by atoms with Gasteiger partial charge in [-0.15, -0.1) is 0 Å². The fourth-order valence-corrected chi connectivity index (χ4v) is 7.54. The molecule has 0 radical (unpaired) electrons. The average molecular weight is 819 g/mol. The van der Waals surface area contributed by atoms with Crippen LogP contribution in [0, 0.1) is 11.8 Å². The number of fused-ring (bicyclic) bond motifs is 5. The first-order valence-corrected chi connectivity index (χ1v) is 19.8. The van der Waals surface area contributed by atoms with Crippen molar-refractivity contribution in [3.05, 3.63) is 56.9 Å². The van der Waals surface area contributed by atoms with Crippen LogP contribution in [0.1, 0.15) is 109 Å². The number of hydrogen-bond donors (Lipinski definition) is 4. The van der Waals surface area contributed by atoms with E-state index in [2.05, 4.69) is 10.6 Å². The Hall–Kier alpha value is -6.13. The lowest BCUT2D eigenvalue weighted by Gasteiger charge is -2.35. The number of carboxylic acid groups (broad SMARTS) is 2. The minimum Gasteiger partial charge on any atom is -0.480 e. The van der Waals surface area contributed by atoms with Gasteiger partial charge >= 0.3 is 29.8 Å². The van der Waals surface area contributed by atoms with Gasteiger partial charge in [-0.05, 0) is 67.3 Å². The van der Waals surface area contributed by atoms with E-state index in [1.165, 1.54) is 4.57 Å². The van der Waals surface area contributed by atoms with Crippen LogP contribution in [0.15, 0.2) is 29.1 Å². The molecule has 3 aromatic rings. The number of nitrogens with one attached hydrogen (secondary N) is 2. The normalized spacial score (nSPS) is 16.4. The number of aromatic nitrogens is 2. The topological polar surface area (TPSA) is 247 Å². The molecular formula is C42H50N4O13. The molecule has 0 unspecified atom stereocenters. The summed E-state index contributed by atoms with van der Waals surface area (Å²) in [5, 5.41) is 24.4. The SMILES string of the molecule is CCc1c2c(nc3ccc(OC(=O)CCC(=O)N[C@@H](CC(C)C)C(=O)O)cc13)-c1cc3c(c(=O)n1C2)COC(=O)[C@@]3(CC)OC(=O)CCC(=O)N[C@@H](CC(C)C)C(=O)O. The predicted octanol–water partition coefficient (Wildman–Crippen LogP) is 3.89. The van der Waals surface area contributed by atoms with Crippen LogP contribution >= 0.6 is 0 Å². The van der Waals surface area contributed by atoms with Crippen LogP contribution in [0.3, 0.4) is 0 Å². The van der Waals surface area contributed by atoms with Gasteiger partial charge in [0.2, 0.25) is 17.4 Å². The van der Waals surface area contributed by atoms with E-state index < -0.39 is 77.7 Å². The molecule has 316 valence electrons. The standard InChI is InChI=1S/C42H50N4O13/c1-7-24-25-17-23(58-35(49)13-11-33(47)43-30(39(52)53)15-21(3)4)9-10-29(25)45-37-26(24)19-46-32(37)18-28-27(38(46)51)20-57-41(56)42(28,8-2)59-36(50)14-12-34(48)44-31(40(54)55)16-22(5)6/h9-10,17-18,21-22,30-31H,7-8,11-16,19-20H2,1-6H3,(H,43,47)(H,44,48)(H,52,53)(H,54,55)/t30-,31-,42-/m0/s1. The molecule has 2 amide bonds. The Bertz CT molecular complexity index is 2260. The van der Waals surface area contributed by atoms with Crippen molar-refractivity contribution in [1.29, 1.82) is 0 Å². The van der Waals surface area contributed by atoms with E-state index >= 15 is 0 Å². The molecule has 1 aromatic carbocycles. The molecule has 17 heteroatoms. The molecule has 2 aliphatic rings. The number of benzene rings is 1. The predicted molar refractivity (Wildman–Crippen MR) is 210 cm³/mol. The Morgan fingerprint density at radius 3 is 1.98 bits per heavy atom. The summed E-state index contributed by atoms with van der Waals surface area (Å²) in [6, 6.07) is 4.26. The number of carbonyl (C=O) groups excluding carboxylic acids is 5. The molecule has 0 aliphatic carbocycles. The summed E-state index contributed by atoms with van der Waals surface area (Å²) in [6.45, 7) is 10.6. The van der Waals surface area contributed by atoms with Crippen LogP contribution in [0.25, 0.3) is 22.3 Å². The molecule has 0 fully saturated rings. The summed E-state index contributed by atoms with van der Waals surface area (Å²) in [7, 11) is 0. The molecule has 17 nitrogen and oxygen atoms in total. The summed E-state index contributed by atoms with van der Waals surface area (Å²) in [5.41, 5.74) is 0.733. The number of esters is 3. The summed E-state index contributed by atoms with van der Waals surface area (Å²) in [5.74, 6) is -5.89. The molecule has 0 saturated heterocycles. The molecule has 0 spiro atoms. The molecule has 2 aliphatic heterocycles. The van der Waals surface area contributed by atoms with Gasteiger partial charge in [-0.1, -0.05) is 41.5 Å². The third kappa shape index (κ3) is 9.61. The first-order chi connectivity index (χ1) is 27.9. The van der Waals surface area contributed by atoms with Gasteiger partial charge in [-0.25, -0.2) is 19.4 Å². The molecule has 2 aromatic heterocycles. The van der Waals surface area contributed by atoms with Crippen molar-refractivity contribution in [3.63, 3.8) is 0 Å². The van der Waals surface area contributed by atoms with Crippen LogP contribution < -0.4 is 20.9 Å². The molecule has 3 atom stereocenters. The minimum absolute atomic E-state index is 0.00928. The molecule has 4 N–H and O–H groups in total. The maximum atomic E-state index is 14.1. The third-order valence-electron chi connectivity index (χ3n) is 10.4. The van der Waals surface area contributed by atoms with Gasteiger partial charge in [0.05, 0.1) is 41.9 Å². The number of cyclic esters (lactones) is 1. The Kier molecular flexibility index (Phi) is 13.6. The van der Waals surface area contributed by atoms with Crippen molar-refractivity contribution in [3.8, 4) is 17.1 Å². The van der Waals surface area contributed by atoms with Crippen LogP contribution in [0.4, 0.5) is 0 Å². The zero-order valence-electron chi connectivity index (χ0n) is 34.0. The van der Waals surface area contributed by atoms with Crippen LogP contribution in [-0.4, -0.2) is 73.5 Å². The number of nitrogens with zero attached hydrogens (tertiary/aromatic N) is 2. The highest BCUT2D eigenvalue weighted by atomic mass is 16.6. The maximum absolute atomic E-state index is 14.1. The number of carboxylic acids is 2. The number of ether oxygens (including phenoxy) is 3. The Morgan fingerprint density at radius 2 is 1.44 bits per heavy atom. The second kappa shape index (κ2) is 18.2. The number of aliphatic carboxylic acids is 2. The molecule has 59 heavy (non-hydrogen) atoms. The van der Waals surface area contributed by atoms with E-state index in [9.17, 15) is 48.6 Å². The number of pyridine rings is 2. The summed E-state index contributed by atoms with van der Waals surface area (Å²) in [6.07, 6.45) is -0.579. The van der Waals surface area contributed by atoms with Gasteiger partial charge in [0.25, 0.3) is 5.56 Å². The van der Waals surface area contributed by atoms with Crippen molar-refractivity contribution < 1.29 is 58.0 Å². The number of carbonyl (C=O) groups is 7. The second-order valence-electron chi connectivity index (χ2n) is 15.6. The van der Waals surface area contributed by atoms with Gasteiger partial charge in [0.1, 0.15) is 24.4 Å². The van der Waals surface area contributed by atoms with Crippen LogP contribution in [0.2, 0.25) is 0 Å². The minimum atomic E-state index is -2.00. The highest BCUT2D eigenvalue weighted by Gasteiger charge is 2.50. The number of aryl methyl sites for hydroxylation is 1. The van der Waals surface area contributed by atoms with Gasteiger partial charge in [0, 0.05) is 29.4 Å². The second-order valence-corrected chi connectivity index (χ2v) is 15.6. The molecule has 0 saturated carbocycles. The van der Waals surface area contributed by atoms with E-state index in [4.69, 9.17) is 19.2 Å². The first-order valence-electron chi connectivity index (χ1n) is 19.8. The zero-order chi connectivity index (χ0) is 43.3. The molecule has 4 heterocycles. The lowest BCUT2D eigenvalue weighted by molar-refractivity contribution is -0.189. The Morgan fingerprint density at radius 1 is 0.847 bits per heavy atom. The van der Waals surface area contributed by atoms with E-state index in [0.29, 0.717) is 28.7 Å². The highest BCUT2D eigenvalue weighted by Crippen LogP contribution is 2.42. The lowest BCUT2D eigenvalue weighted by Crippen LogP contribution is -2.47. The fraction of sp³-hybridized carbons (Fsp3) is 0.500. The van der Waals surface area contributed by atoms with Crippen LogP contribution in [-0.2, 0) is 68.2 Å².